The van der Waals surface area contributed by atoms with Crippen molar-refractivity contribution in [2.45, 2.75) is 0 Å². The highest BCUT2D eigenvalue weighted by atomic mass is 32.1. The van der Waals surface area contributed by atoms with Crippen LogP contribution >= 0.6 is 11.3 Å². The van der Waals surface area contributed by atoms with Crippen LogP contribution in [0.25, 0.3) is 75.5 Å². The molecule has 45 heavy (non-hydrogen) atoms. The molecule has 2 nitrogen and oxygen atoms in total. The Bertz CT molecular complexity index is 2490. The molecular weight excluding hydrogens is 567 g/mol. The van der Waals surface area contributed by atoms with Crippen molar-refractivity contribution in [2.24, 2.45) is 0 Å². The molecule has 212 valence electrons. The molecule has 0 atom stereocenters. The summed E-state index contributed by atoms with van der Waals surface area (Å²) in [4.78, 5) is 0. The van der Waals surface area contributed by atoms with Crippen molar-refractivity contribution in [1.29, 1.82) is 0 Å². The highest BCUT2D eigenvalue weighted by Crippen LogP contribution is 2.44. The minimum atomic E-state index is 0.917. The fraction of sp³-hybridized carbons (Fsp3) is 0. The molecule has 0 saturated heterocycles. The van der Waals surface area contributed by atoms with Gasteiger partial charge in [-0.1, -0.05) is 140 Å². The lowest BCUT2D eigenvalue weighted by molar-refractivity contribution is 0.671. The van der Waals surface area contributed by atoms with Crippen molar-refractivity contribution < 1.29 is 4.42 Å². The molecule has 9 aromatic rings. The third kappa shape index (κ3) is 4.32. The van der Waals surface area contributed by atoms with E-state index in [-0.39, 0.29) is 0 Å². The molecule has 0 fully saturated rings. The summed E-state index contributed by atoms with van der Waals surface area (Å²) in [5, 5.41) is 8.56. The van der Waals surface area contributed by atoms with Crippen molar-refractivity contribution in [3.8, 4) is 33.4 Å². The van der Waals surface area contributed by atoms with Gasteiger partial charge in [0.1, 0.15) is 11.2 Å². The molecule has 0 aliphatic carbocycles. The second-order valence-corrected chi connectivity index (χ2v) is 12.4. The summed E-state index contributed by atoms with van der Waals surface area (Å²) >= 11 is 1.86. The molecule has 0 spiro atoms. The molecule has 0 aliphatic rings. The van der Waals surface area contributed by atoms with E-state index in [4.69, 9.17) is 4.42 Å². The van der Waals surface area contributed by atoms with Crippen molar-refractivity contribution in [3.63, 3.8) is 0 Å². The van der Waals surface area contributed by atoms with Crippen molar-refractivity contribution in [3.05, 3.63) is 158 Å². The number of rotatable bonds is 5. The molecule has 0 bridgehead atoms. The summed E-state index contributed by atoms with van der Waals surface area (Å²) in [5.74, 6) is 0. The molecular formula is C42H27NOS. The predicted molar refractivity (Wildman–Crippen MR) is 193 cm³/mol. The first-order chi connectivity index (χ1) is 22.3. The van der Waals surface area contributed by atoms with Crippen LogP contribution in [0.15, 0.2) is 162 Å². The molecule has 0 unspecified atom stereocenters. The van der Waals surface area contributed by atoms with E-state index >= 15 is 0 Å². The van der Waals surface area contributed by atoms with E-state index in [0.29, 0.717) is 0 Å². The fourth-order valence-electron chi connectivity index (χ4n) is 6.54. The lowest BCUT2D eigenvalue weighted by Gasteiger charge is -2.09. The van der Waals surface area contributed by atoms with Gasteiger partial charge in [0.05, 0.1) is 10.4 Å². The van der Waals surface area contributed by atoms with E-state index in [9.17, 15) is 0 Å². The van der Waals surface area contributed by atoms with Gasteiger partial charge in [-0.3, -0.25) is 0 Å². The van der Waals surface area contributed by atoms with E-state index in [2.05, 4.69) is 157 Å². The van der Waals surface area contributed by atoms with Crippen molar-refractivity contribution in [2.75, 3.05) is 5.32 Å². The minimum Gasteiger partial charge on any atom is -0.455 e. The zero-order chi connectivity index (χ0) is 29.7. The summed E-state index contributed by atoms with van der Waals surface area (Å²) < 4.78 is 9.24. The van der Waals surface area contributed by atoms with Crippen LogP contribution in [-0.4, -0.2) is 0 Å². The number of benzene rings is 7. The first-order valence-electron chi connectivity index (χ1n) is 15.2. The molecule has 0 saturated carbocycles. The Labute approximate surface area is 264 Å². The van der Waals surface area contributed by atoms with Gasteiger partial charge in [0.2, 0.25) is 0 Å². The van der Waals surface area contributed by atoms with Crippen LogP contribution in [0, 0.1) is 0 Å². The predicted octanol–water partition coefficient (Wildman–Crippen LogP) is 12.7. The Morgan fingerprint density at radius 1 is 0.378 bits per heavy atom. The number of nitrogens with one attached hydrogen (secondary N) is 1. The van der Waals surface area contributed by atoms with Crippen LogP contribution < -0.4 is 5.32 Å². The number of fused-ring (bicyclic) bond motifs is 6. The normalized spacial score (nSPS) is 11.6. The minimum absolute atomic E-state index is 0.917. The van der Waals surface area contributed by atoms with Crippen molar-refractivity contribution >= 4 is 64.8 Å². The van der Waals surface area contributed by atoms with Crippen LogP contribution in [0.4, 0.5) is 11.4 Å². The Morgan fingerprint density at radius 2 is 0.867 bits per heavy atom. The van der Waals surface area contributed by atoms with Gasteiger partial charge in [0.25, 0.3) is 0 Å². The second-order valence-electron chi connectivity index (χ2n) is 11.4. The zero-order valence-electron chi connectivity index (χ0n) is 24.3. The summed E-state index contributed by atoms with van der Waals surface area (Å²) in [6.07, 6.45) is 0. The van der Waals surface area contributed by atoms with E-state index in [1.54, 1.807) is 0 Å². The first-order valence-corrected chi connectivity index (χ1v) is 16.0. The van der Waals surface area contributed by atoms with Gasteiger partial charge in [0.15, 0.2) is 0 Å². The Morgan fingerprint density at radius 3 is 1.49 bits per heavy atom. The highest BCUT2D eigenvalue weighted by Gasteiger charge is 2.16. The average molecular weight is 594 g/mol. The maximum atomic E-state index is 6.65. The van der Waals surface area contributed by atoms with Crippen LogP contribution in [0.3, 0.4) is 0 Å². The van der Waals surface area contributed by atoms with Crippen LogP contribution in [-0.2, 0) is 0 Å². The fourth-order valence-corrected chi connectivity index (χ4v) is 7.85. The molecule has 9 rings (SSSR count). The number of thiophene rings is 1. The Balaban J connectivity index is 1.09. The monoisotopic (exact) mass is 593 g/mol. The number of para-hydroxylation sites is 2. The van der Waals surface area contributed by atoms with Crippen molar-refractivity contribution in [1.82, 2.24) is 0 Å². The number of anilines is 2. The summed E-state index contributed by atoms with van der Waals surface area (Å²) in [6.45, 7) is 0. The SMILES string of the molecule is c1ccc(-c2cccc3c2oc2c(-c4ccc(Nc5cccc6c5sc5c(-c7ccccc7)cccc56)cc4)cccc23)cc1. The van der Waals surface area contributed by atoms with Gasteiger partial charge >= 0.3 is 0 Å². The molecule has 0 aliphatic heterocycles. The van der Waals surface area contributed by atoms with E-state index in [1.165, 1.54) is 31.3 Å². The molecule has 2 aromatic heterocycles. The Kier molecular flexibility index (Phi) is 6.03. The average Bonchev–Trinajstić information content (AvgIpc) is 3.69. The standard InChI is InChI=1S/C42H27NOS/c1-3-11-27(12-4-1)31-15-7-18-34-35-19-8-16-32(40(35)44-39(31)34)29-23-25-30(26-24-29)43-38-22-10-21-37-36-20-9-17-33(41(36)45-42(37)38)28-13-5-2-6-14-28/h1-26,43H. The lowest BCUT2D eigenvalue weighted by atomic mass is 10.00. The summed E-state index contributed by atoms with van der Waals surface area (Å²) in [7, 11) is 0. The zero-order valence-corrected chi connectivity index (χ0v) is 25.1. The maximum Gasteiger partial charge on any atom is 0.143 e. The number of hydrogen-bond donors (Lipinski definition) is 1. The quantitative estimate of drug-likeness (QED) is 0.215. The molecule has 0 radical (unpaired) electrons. The lowest BCUT2D eigenvalue weighted by Crippen LogP contribution is -1.90. The van der Waals surface area contributed by atoms with E-state index in [0.717, 1.165) is 55.6 Å². The Hall–Kier alpha value is -5.64. The topological polar surface area (TPSA) is 25.2 Å². The van der Waals surface area contributed by atoms with Gasteiger partial charge in [-0.15, -0.1) is 11.3 Å². The maximum absolute atomic E-state index is 6.65. The van der Waals surface area contributed by atoms with Gasteiger partial charge in [0, 0.05) is 43.1 Å². The number of furan rings is 1. The smallest absolute Gasteiger partial charge is 0.143 e. The largest absolute Gasteiger partial charge is 0.455 e. The van der Waals surface area contributed by atoms with Gasteiger partial charge in [-0.25, -0.2) is 0 Å². The molecule has 2 heterocycles. The van der Waals surface area contributed by atoms with Gasteiger partial charge in [-0.2, -0.15) is 0 Å². The van der Waals surface area contributed by atoms with Crippen LogP contribution in [0.2, 0.25) is 0 Å². The highest BCUT2D eigenvalue weighted by molar-refractivity contribution is 7.27. The summed E-state index contributed by atoms with van der Waals surface area (Å²) in [5.41, 5.74) is 11.0. The van der Waals surface area contributed by atoms with Crippen LogP contribution in [0.1, 0.15) is 0 Å². The molecule has 1 N–H and O–H groups in total. The van der Waals surface area contributed by atoms with E-state index in [1.807, 2.05) is 17.4 Å². The second kappa shape index (κ2) is 10.5. The van der Waals surface area contributed by atoms with Gasteiger partial charge in [-0.05, 0) is 40.5 Å². The van der Waals surface area contributed by atoms with E-state index < -0.39 is 0 Å². The molecule has 0 amide bonds. The third-order valence-electron chi connectivity index (χ3n) is 8.69. The van der Waals surface area contributed by atoms with Gasteiger partial charge < -0.3 is 9.73 Å². The van der Waals surface area contributed by atoms with Crippen LogP contribution in [0.5, 0.6) is 0 Å². The number of hydrogen-bond acceptors (Lipinski definition) is 3. The molecule has 7 aromatic carbocycles. The first kappa shape index (κ1) is 25.8. The summed E-state index contributed by atoms with van der Waals surface area (Å²) in [6, 6.07) is 55.8. The third-order valence-corrected chi connectivity index (χ3v) is 9.98. The molecule has 3 heteroatoms.